The van der Waals surface area contributed by atoms with Gasteiger partial charge in [0.05, 0.1) is 13.1 Å². The first-order chi connectivity index (χ1) is 11.4. The van der Waals surface area contributed by atoms with Gasteiger partial charge in [-0.1, -0.05) is 0 Å². The van der Waals surface area contributed by atoms with E-state index in [9.17, 15) is 22.8 Å². The van der Waals surface area contributed by atoms with Crippen LogP contribution in [0.5, 0.6) is 0 Å². The van der Waals surface area contributed by atoms with E-state index in [2.05, 4.69) is 15.6 Å². The Morgan fingerprint density at radius 3 is 2.38 bits per heavy atom. The first kappa shape index (κ1) is 16.5. The third-order valence-electron chi connectivity index (χ3n) is 3.85. The highest BCUT2D eigenvalue weighted by molar-refractivity contribution is 7.89. The molecular weight excluding hydrogens is 338 g/mol. The highest BCUT2D eigenvalue weighted by Gasteiger charge is 2.31. The average molecular weight is 355 g/mol. The molecule has 24 heavy (non-hydrogen) atoms. The molecule has 11 heteroatoms. The lowest BCUT2D eigenvalue weighted by Crippen LogP contribution is -2.50. The Labute approximate surface area is 138 Å². The Morgan fingerprint density at radius 2 is 1.71 bits per heavy atom. The summed E-state index contributed by atoms with van der Waals surface area (Å²) in [6.07, 6.45) is 1.22. The number of hydrogen-bond acceptors (Lipinski definition) is 5. The Morgan fingerprint density at radius 1 is 1.04 bits per heavy atom. The van der Waals surface area contributed by atoms with Crippen molar-refractivity contribution < 1.29 is 22.8 Å². The lowest BCUT2D eigenvalue weighted by Gasteiger charge is -2.26. The number of sulfonamides is 1. The second kappa shape index (κ2) is 6.24. The smallest absolute Gasteiger partial charge is 0.270 e. The molecule has 1 aromatic rings. The molecule has 0 radical (unpaired) electrons. The summed E-state index contributed by atoms with van der Waals surface area (Å²) in [5, 5.41) is 5.17. The number of carbonyl (C=O) groups is 3. The fraction of sp³-hybridized carbons (Fsp3) is 0.462. The normalized spacial score (nSPS) is 19.8. The molecule has 0 bridgehead atoms. The summed E-state index contributed by atoms with van der Waals surface area (Å²) in [6, 6.07) is 1.23. The van der Waals surface area contributed by atoms with Gasteiger partial charge in [-0.2, -0.15) is 4.31 Å². The molecule has 3 rings (SSSR count). The fourth-order valence-electron chi connectivity index (χ4n) is 2.60. The number of piperazine rings is 2. The molecule has 0 aromatic carbocycles. The fourth-order valence-corrected chi connectivity index (χ4v) is 3.99. The van der Waals surface area contributed by atoms with Crippen LogP contribution in [0.2, 0.25) is 0 Å². The van der Waals surface area contributed by atoms with Crippen LogP contribution in [0.4, 0.5) is 0 Å². The number of aromatic nitrogens is 1. The predicted molar refractivity (Wildman–Crippen MR) is 81.5 cm³/mol. The SMILES string of the molecule is O=C1CN(C(=O)c2cc(S(=O)(=O)N3CCNC(=O)C3)c[nH]2)CCN1. The molecule has 3 N–H and O–H groups in total. The number of H-pyrrole nitrogens is 1. The Hall–Kier alpha value is -2.40. The Balaban J connectivity index is 1.78. The molecule has 2 fully saturated rings. The van der Waals surface area contributed by atoms with Crippen LogP contribution in [0.25, 0.3) is 0 Å². The van der Waals surface area contributed by atoms with Crippen LogP contribution in [0.1, 0.15) is 10.5 Å². The van der Waals surface area contributed by atoms with Crippen molar-refractivity contribution in [1.29, 1.82) is 0 Å². The van der Waals surface area contributed by atoms with Crippen LogP contribution in [0, 0.1) is 0 Å². The van der Waals surface area contributed by atoms with Crippen LogP contribution in [-0.4, -0.2) is 79.6 Å². The molecule has 2 aliphatic heterocycles. The molecule has 3 amide bonds. The van der Waals surface area contributed by atoms with E-state index in [0.29, 0.717) is 13.1 Å². The van der Waals surface area contributed by atoms with Crippen LogP contribution in [-0.2, 0) is 19.6 Å². The number of rotatable bonds is 3. The molecule has 3 heterocycles. The molecule has 2 aliphatic rings. The van der Waals surface area contributed by atoms with Crippen molar-refractivity contribution >= 4 is 27.7 Å². The van der Waals surface area contributed by atoms with Crippen molar-refractivity contribution in [2.45, 2.75) is 4.90 Å². The van der Waals surface area contributed by atoms with Gasteiger partial charge in [0.25, 0.3) is 5.91 Å². The zero-order valence-electron chi connectivity index (χ0n) is 12.7. The van der Waals surface area contributed by atoms with E-state index in [1.54, 1.807) is 0 Å². The standard InChI is InChI=1S/C13H17N5O5S/c19-11-7-17(3-1-14-11)13(21)10-5-9(6-16-10)24(22,23)18-4-2-15-12(20)8-18/h5-6,16H,1-4,7-8H2,(H,14,19)(H,15,20). The molecule has 0 spiro atoms. The summed E-state index contributed by atoms with van der Waals surface area (Å²) in [5.74, 6) is -1.06. The molecule has 0 unspecified atom stereocenters. The minimum atomic E-state index is -3.86. The topological polar surface area (TPSA) is 132 Å². The lowest BCUT2D eigenvalue weighted by atomic mass is 10.3. The van der Waals surface area contributed by atoms with Gasteiger partial charge in [0.1, 0.15) is 10.6 Å². The number of nitrogens with zero attached hydrogens (tertiary/aromatic N) is 2. The van der Waals surface area contributed by atoms with Gasteiger partial charge >= 0.3 is 0 Å². The van der Waals surface area contributed by atoms with Crippen molar-refractivity contribution in [1.82, 2.24) is 24.8 Å². The molecular formula is C13H17N5O5S. The largest absolute Gasteiger partial charge is 0.356 e. The van der Waals surface area contributed by atoms with Crippen LogP contribution < -0.4 is 10.6 Å². The maximum Gasteiger partial charge on any atom is 0.270 e. The second-order valence-electron chi connectivity index (χ2n) is 5.51. The van der Waals surface area contributed by atoms with Gasteiger partial charge in [0, 0.05) is 32.4 Å². The Kier molecular flexibility index (Phi) is 4.28. The molecule has 130 valence electrons. The van der Waals surface area contributed by atoms with E-state index in [0.717, 1.165) is 4.31 Å². The maximum absolute atomic E-state index is 12.5. The van der Waals surface area contributed by atoms with Gasteiger partial charge in [-0.05, 0) is 6.07 Å². The van der Waals surface area contributed by atoms with Crippen LogP contribution in [0.15, 0.2) is 17.2 Å². The van der Waals surface area contributed by atoms with Crippen molar-refractivity contribution in [3.05, 3.63) is 18.0 Å². The van der Waals surface area contributed by atoms with Crippen molar-refractivity contribution in [3.63, 3.8) is 0 Å². The summed E-state index contributed by atoms with van der Waals surface area (Å²) in [5.41, 5.74) is 0.0877. The molecule has 10 nitrogen and oxygen atoms in total. The first-order valence-corrected chi connectivity index (χ1v) is 8.83. The summed E-state index contributed by atoms with van der Waals surface area (Å²) in [6.45, 7) is 0.832. The monoisotopic (exact) mass is 355 g/mol. The van der Waals surface area contributed by atoms with Crippen LogP contribution >= 0.6 is 0 Å². The predicted octanol–water partition coefficient (Wildman–Crippen LogP) is -2.29. The third kappa shape index (κ3) is 3.12. The lowest BCUT2D eigenvalue weighted by molar-refractivity contribution is -0.123. The van der Waals surface area contributed by atoms with Gasteiger partial charge < -0.3 is 20.5 Å². The van der Waals surface area contributed by atoms with E-state index in [4.69, 9.17) is 0 Å². The van der Waals surface area contributed by atoms with E-state index >= 15 is 0 Å². The van der Waals surface area contributed by atoms with E-state index in [1.165, 1.54) is 17.2 Å². The van der Waals surface area contributed by atoms with Crippen molar-refractivity contribution in [2.24, 2.45) is 0 Å². The summed E-state index contributed by atoms with van der Waals surface area (Å²) < 4.78 is 26.1. The maximum atomic E-state index is 12.5. The number of hydrogen-bond donors (Lipinski definition) is 3. The summed E-state index contributed by atoms with van der Waals surface area (Å²) in [4.78, 5) is 39.0. The number of nitrogens with one attached hydrogen (secondary N) is 3. The summed E-state index contributed by atoms with van der Waals surface area (Å²) in [7, 11) is -3.86. The summed E-state index contributed by atoms with van der Waals surface area (Å²) >= 11 is 0. The van der Waals surface area contributed by atoms with Gasteiger partial charge in [0.2, 0.25) is 21.8 Å². The highest BCUT2D eigenvalue weighted by Crippen LogP contribution is 2.18. The van der Waals surface area contributed by atoms with E-state index in [1.807, 2.05) is 0 Å². The highest BCUT2D eigenvalue weighted by atomic mass is 32.2. The van der Waals surface area contributed by atoms with Gasteiger partial charge in [0.15, 0.2) is 0 Å². The second-order valence-corrected chi connectivity index (χ2v) is 7.45. The van der Waals surface area contributed by atoms with E-state index < -0.39 is 15.9 Å². The van der Waals surface area contributed by atoms with Gasteiger partial charge in [-0.3, -0.25) is 14.4 Å². The molecule has 1 aromatic heterocycles. The zero-order chi connectivity index (χ0) is 17.3. The van der Waals surface area contributed by atoms with Crippen molar-refractivity contribution in [3.8, 4) is 0 Å². The van der Waals surface area contributed by atoms with Crippen LogP contribution in [0.3, 0.4) is 0 Å². The van der Waals surface area contributed by atoms with Gasteiger partial charge in [-0.15, -0.1) is 0 Å². The van der Waals surface area contributed by atoms with Crippen molar-refractivity contribution in [2.75, 3.05) is 39.3 Å². The average Bonchev–Trinajstić information content (AvgIpc) is 3.05. The number of carbonyl (C=O) groups excluding carboxylic acids is 3. The number of aromatic amines is 1. The Bertz CT molecular complexity index is 786. The molecule has 0 atom stereocenters. The number of amides is 3. The first-order valence-electron chi connectivity index (χ1n) is 7.39. The minimum absolute atomic E-state index is 0.0633. The third-order valence-corrected chi connectivity index (χ3v) is 5.68. The molecule has 2 saturated heterocycles. The van der Waals surface area contributed by atoms with Gasteiger partial charge in [-0.25, -0.2) is 8.42 Å². The van der Waals surface area contributed by atoms with E-state index in [-0.39, 0.29) is 48.6 Å². The minimum Gasteiger partial charge on any atom is -0.356 e. The molecule has 0 aliphatic carbocycles. The zero-order valence-corrected chi connectivity index (χ0v) is 13.6. The molecule has 0 saturated carbocycles. The quantitative estimate of drug-likeness (QED) is 0.561.